The first-order valence-electron chi connectivity index (χ1n) is 9.98. The molecule has 1 aromatic carbocycles. The van der Waals surface area contributed by atoms with Crippen LogP contribution in [0.25, 0.3) is 0 Å². The lowest BCUT2D eigenvalue weighted by Crippen LogP contribution is -2.37. The summed E-state index contributed by atoms with van der Waals surface area (Å²) in [5.74, 6) is 3.26. The minimum atomic E-state index is 0.00846. The fourth-order valence-electron chi connectivity index (χ4n) is 5.98. The molecule has 0 saturated heterocycles. The van der Waals surface area contributed by atoms with Crippen LogP contribution >= 0.6 is 23.1 Å². The molecule has 4 saturated carbocycles. The molecule has 0 radical (unpaired) electrons. The molecule has 1 amide bonds. The predicted molar refractivity (Wildman–Crippen MR) is 110 cm³/mol. The number of fused-ring (bicyclic) bond motifs is 1. The lowest BCUT2D eigenvalue weighted by Gasteiger charge is -2.45. The molecular formula is C21H25N3OS2. The van der Waals surface area contributed by atoms with Gasteiger partial charge in [0.15, 0.2) is 4.34 Å². The molecule has 4 aliphatic rings. The average molecular weight is 400 g/mol. The summed E-state index contributed by atoms with van der Waals surface area (Å²) in [6.45, 7) is 0. The Morgan fingerprint density at radius 1 is 1.15 bits per heavy atom. The van der Waals surface area contributed by atoms with Gasteiger partial charge in [-0.05, 0) is 85.8 Å². The van der Waals surface area contributed by atoms with Crippen molar-refractivity contribution in [2.45, 2.75) is 54.7 Å². The number of aromatic nitrogens is 2. The van der Waals surface area contributed by atoms with Crippen molar-refractivity contribution in [1.29, 1.82) is 0 Å². The van der Waals surface area contributed by atoms with Crippen molar-refractivity contribution in [2.24, 2.45) is 17.8 Å². The highest BCUT2D eigenvalue weighted by Gasteiger charge is 2.48. The van der Waals surface area contributed by atoms with E-state index in [4.69, 9.17) is 0 Å². The van der Waals surface area contributed by atoms with E-state index in [9.17, 15) is 4.79 Å². The van der Waals surface area contributed by atoms with Gasteiger partial charge < -0.3 is 5.32 Å². The summed E-state index contributed by atoms with van der Waals surface area (Å²) >= 11 is 2.89. The van der Waals surface area contributed by atoms with E-state index >= 15 is 0 Å². The normalized spacial score (nSPS) is 31.6. The third kappa shape index (κ3) is 3.66. The zero-order valence-electron chi connectivity index (χ0n) is 15.4. The molecule has 2 aromatic rings. The van der Waals surface area contributed by atoms with E-state index in [1.54, 1.807) is 5.51 Å². The number of thioether (sulfide) groups is 1. The van der Waals surface area contributed by atoms with Gasteiger partial charge in [-0.15, -0.1) is 10.2 Å². The zero-order valence-corrected chi connectivity index (χ0v) is 17.0. The summed E-state index contributed by atoms with van der Waals surface area (Å²) in [6, 6.07) is 8.74. The van der Waals surface area contributed by atoms with Crippen molar-refractivity contribution in [1.82, 2.24) is 10.2 Å². The van der Waals surface area contributed by atoms with Crippen molar-refractivity contribution >= 4 is 34.7 Å². The Bertz CT molecular complexity index is 791. The van der Waals surface area contributed by atoms with Gasteiger partial charge in [0.2, 0.25) is 5.91 Å². The number of hydrogen-bond donors (Lipinski definition) is 1. The molecule has 0 spiro atoms. The van der Waals surface area contributed by atoms with Gasteiger partial charge in [-0.1, -0.05) is 35.2 Å². The molecule has 1 N–H and O–H groups in total. The number of benzene rings is 1. The van der Waals surface area contributed by atoms with E-state index in [1.807, 2.05) is 0 Å². The standard InChI is InChI=1S/C21H25N3OS2/c25-19(12-26-20-24-22-13-27-20)23-18-3-1-17(2-4-18)21-6-5-14-7-15(10-21)9-16(8-14)11-21/h1-4,13-16H,5-12H2,(H,23,25). The first-order valence-corrected chi connectivity index (χ1v) is 11.8. The molecule has 1 aromatic heterocycles. The van der Waals surface area contributed by atoms with Crippen LogP contribution < -0.4 is 5.32 Å². The molecular weight excluding hydrogens is 374 g/mol. The molecule has 4 fully saturated rings. The van der Waals surface area contributed by atoms with Crippen LogP contribution in [0.2, 0.25) is 0 Å². The molecule has 2 atom stereocenters. The van der Waals surface area contributed by atoms with Crippen LogP contribution in [0.3, 0.4) is 0 Å². The van der Waals surface area contributed by atoms with Crippen molar-refractivity contribution in [2.75, 3.05) is 11.1 Å². The van der Waals surface area contributed by atoms with Gasteiger partial charge in [0, 0.05) is 5.69 Å². The first kappa shape index (κ1) is 17.7. The summed E-state index contributed by atoms with van der Waals surface area (Å²) in [4.78, 5) is 12.2. The monoisotopic (exact) mass is 399 g/mol. The van der Waals surface area contributed by atoms with Gasteiger partial charge in [-0.2, -0.15) is 0 Å². The zero-order chi connectivity index (χ0) is 18.3. The van der Waals surface area contributed by atoms with Crippen LogP contribution in [-0.4, -0.2) is 21.9 Å². The second-order valence-electron chi connectivity index (χ2n) is 8.65. The molecule has 0 aliphatic heterocycles. The Morgan fingerprint density at radius 2 is 1.89 bits per heavy atom. The van der Waals surface area contributed by atoms with E-state index in [1.165, 1.54) is 73.6 Å². The second-order valence-corrected chi connectivity index (χ2v) is 10.7. The molecule has 6 rings (SSSR count). The quantitative estimate of drug-likeness (QED) is 0.709. The highest BCUT2D eigenvalue weighted by molar-refractivity contribution is 8.01. The first-order chi connectivity index (χ1) is 13.2. The predicted octanol–water partition coefficient (Wildman–Crippen LogP) is 5.13. The van der Waals surface area contributed by atoms with E-state index in [0.29, 0.717) is 11.2 Å². The number of amides is 1. The Balaban J connectivity index is 1.25. The maximum absolute atomic E-state index is 12.2. The molecule has 4 bridgehead atoms. The van der Waals surface area contributed by atoms with E-state index in [0.717, 1.165) is 27.8 Å². The van der Waals surface area contributed by atoms with Gasteiger partial charge in [0.25, 0.3) is 0 Å². The Hall–Kier alpha value is -1.40. The summed E-state index contributed by atoms with van der Waals surface area (Å²) in [5, 5.41) is 10.8. The second kappa shape index (κ2) is 7.21. The number of carbonyl (C=O) groups excluding carboxylic acids is 1. The van der Waals surface area contributed by atoms with Crippen LogP contribution in [-0.2, 0) is 10.2 Å². The average Bonchev–Trinajstić information content (AvgIpc) is 3.10. The third-order valence-corrected chi connectivity index (χ3v) is 8.70. The maximum atomic E-state index is 12.2. The van der Waals surface area contributed by atoms with Crippen LogP contribution in [0.4, 0.5) is 5.69 Å². The van der Waals surface area contributed by atoms with Crippen LogP contribution in [0.5, 0.6) is 0 Å². The van der Waals surface area contributed by atoms with Gasteiger partial charge in [-0.25, -0.2) is 0 Å². The molecule has 4 nitrogen and oxygen atoms in total. The van der Waals surface area contributed by atoms with Crippen molar-refractivity contribution in [3.8, 4) is 0 Å². The van der Waals surface area contributed by atoms with Gasteiger partial charge in [0.05, 0.1) is 5.75 Å². The third-order valence-electron chi connectivity index (χ3n) is 6.84. The summed E-state index contributed by atoms with van der Waals surface area (Å²) < 4.78 is 0.832. The minimum Gasteiger partial charge on any atom is -0.325 e. The smallest absolute Gasteiger partial charge is 0.234 e. The number of hydrogen-bond acceptors (Lipinski definition) is 5. The molecule has 1 heterocycles. The van der Waals surface area contributed by atoms with E-state index in [-0.39, 0.29) is 5.91 Å². The summed E-state index contributed by atoms with van der Waals surface area (Å²) in [5.41, 5.74) is 4.48. The highest BCUT2D eigenvalue weighted by Crippen LogP contribution is 2.57. The topological polar surface area (TPSA) is 54.9 Å². The molecule has 27 heavy (non-hydrogen) atoms. The van der Waals surface area contributed by atoms with Gasteiger partial charge >= 0.3 is 0 Å². The highest BCUT2D eigenvalue weighted by atomic mass is 32.2. The van der Waals surface area contributed by atoms with Crippen LogP contribution in [0.15, 0.2) is 34.1 Å². The lowest BCUT2D eigenvalue weighted by molar-refractivity contribution is -0.113. The molecule has 142 valence electrons. The van der Waals surface area contributed by atoms with Gasteiger partial charge in [0.1, 0.15) is 5.51 Å². The SMILES string of the molecule is O=C(CSc1nncs1)Nc1ccc(C23CCC4CC(CC(C4)C2)C3)cc1. The van der Waals surface area contributed by atoms with E-state index < -0.39 is 0 Å². The minimum absolute atomic E-state index is 0.00846. The fraction of sp³-hybridized carbons (Fsp3) is 0.571. The van der Waals surface area contributed by atoms with Crippen LogP contribution in [0.1, 0.15) is 50.5 Å². The van der Waals surface area contributed by atoms with Crippen molar-refractivity contribution < 1.29 is 4.79 Å². The number of carbonyl (C=O) groups is 1. The number of rotatable bonds is 5. The summed E-state index contributed by atoms with van der Waals surface area (Å²) in [6.07, 6.45) is 9.94. The molecule has 2 unspecified atom stereocenters. The lowest BCUT2D eigenvalue weighted by atomic mass is 9.59. The Labute approximate surface area is 168 Å². The van der Waals surface area contributed by atoms with Crippen molar-refractivity contribution in [3.63, 3.8) is 0 Å². The fourth-order valence-corrected chi connectivity index (χ4v) is 7.27. The molecule has 6 heteroatoms. The Morgan fingerprint density at radius 3 is 2.59 bits per heavy atom. The summed E-state index contributed by atoms with van der Waals surface area (Å²) in [7, 11) is 0. The van der Waals surface area contributed by atoms with E-state index in [2.05, 4.69) is 39.8 Å². The number of nitrogens with one attached hydrogen (secondary N) is 1. The van der Waals surface area contributed by atoms with Crippen LogP contribution in [0, 0.1) is 17.8 Å². The molecule has 4 aliphatic carbocycles. The van der Waals surface area contributed by atoms with Crippen molar-refractivity contribution in [3.05, 3.63) is 35.3 Å². The Kier molecular flexibility index (Phi) is 4.72. The number of nitrogens with zero attached hydrogens (tertiary/aromatic N) is 2. The number of anilines is 1. The largest absolute Gasteiger partial charge is 0.325 e. The maximum Gasteiger partial charge on any atom is 0.234 e. The van der Waals surface area contributed by atoms with Gasteiger partial charge in [-0.3, -0.25) is 4.79 Å².